The van der Waals surface area contributed by atoms with Gasteiger partial charge in [-0.15, -0.1) is 0 Å². The third kappa shape index (κ3) is 2.30. The molecule has 2 N–H and O–H groups in total. The van der Waals surface area contributed by atoms with Gasteiger partial charge in [0.2, 0.25) is 0 Å². The summed E-state index contributed by atoms with van der Waals surface area (Å²) in [7, 11) is 0. The Balaban J connectivity index is 2.74. The largest absolute Gasteiger partial charge is 0.402 e. The fourth-order valence-electron chi connectivity index (χ4n) is 2.96. The molecule has 1 saturated carbocycles. The monoisotopic (exact) mass is 196 g/mol. The Kier molecular flexibility index (Phi) is 3.99. The van der Waals surface area contributed by atoms with Gasteiger partial charge in [-0.3, -0.25) is 4.90 Å². The van der Waals surface area contributed by atoms with Crippen LogP contribution in [0.3, 0.4) is 0 Å². The van der Waals surface area contributed by atoms with Crippen molar-refractivity contribution in [1.82, 2.24) is 4.90 Å². The minimum atomic E-state index is 0.343. The molecule has 1 rings (SSSR count). The lowest BCUT2D eigenvalue weighted by atomic mass is 9.89. The van der Waals surface area contributed by atoms with E-state index < -0.39 is 0 Å². The van der Waals surface area contributed by atoms with E-state index >= 15 is 0 Å². The van der Waals surface area contributed by atoms with Gasteiger partial charge in [0.05, 0.1) is 0 Å². The molecule has 1 fully saturated rings. The summed E-state index contributed by atoms with van der Waals surface area (Å²) in [6.45, 7) is 10.6. The first-order chi connectivity index (χ1) is 6.64. The number of hydrogen-bond acceptors (Lipinski definition) is 2. The van der Waals surface area contributed by atoms with E-state index in [0.29, 0.717) is 5.54 Å². The quantitative estimate of drug-likeness (QED) is 0.732. The first kappa shape index (κ1) is 11.6. The van der Waals surface area contributed by atoms with Crippen LogP contribution in [0.25, 0.3) is 0 Å². The summed E-state index contributed by atoms with van der Waals surface area (Å²) in [5.41, 5.74) is 6.97. The van der Waals surface area contributed by atoms with E-state index in [1.165, 1.54) is 25.7 Å². The molecule has 1 aliphatic rings. The van der Waals surface area contributed by atoms with Crippen LogP contribution in [0, 0.1) is 0 Å². The minimum Gasteiger partial charge on any atom is -0.402 e. The van der Waals surface area contributed by atoms with Crippen molar-refractivity contribution in [3.8, 4) is 0 Å². The molecular formula is C12H24N2. The topological polar surface area (TPSA) is 29.3 Å². The summed E-state index contributed by atoms with van der Waals surface area (Å²) in [4.78, 5) is 2.57. The molecular weight excluding hydrogens is 172 g/mol. The maximum atomic E-state index is 5.78. The van der Waals surface area contributed by atoms with Crippen LogP contribution in [0.4, 0.5) is 0 Å². The molecule has 1 aliphatic carbocycles. The van der Waals surface area contributed by atoms with Crippen molar-refractivity contribution in [1.29, 1.82) is 0 Å². The predicted molar refractivity (Wildman–Crippen MR) is 62.1 cm³/mol. The first-order valence-electron chi connectivity index (χ1n) is 5.83. The Morgan fingerprint density at radius 3 is 2.14 bits per heavy atom. The van der Waals surface area contributed by atoms with Crippen LogP contribution in [-0.4, -0.2) is 23.5 Å². The average molecular weight is 196 g/mol. The van der Waals surface area contributed by atoms with E-state index in [4.69, 9.17) is 5.73 Å². The lowest BCUT2D eigenvalue weighted by Gasteiger charge is -2.40. The zero-order valence-electron chi connectivity index (χ0n) is 9.68. The van der Waals surface area contributed by atoms with Crippen LogP contribution in [0.15, 0.2) is 12.3 Å². The molecule has 0 spiro atoms. The van der Waals surface area contributed by atoms with E-state index in [0.717, 1.165) is 25.2 Å². The second-order valence-corrected chi connectivity index (χ2v) is 4.44. The number of hydrogen-bond donors (Lipinski definition) is 1. The molecule has 0 unspecified atom stereocenters. The molecule has 0 aliphatic heterocycles. The third-order valence-electron chi connectivity index (χ3n) is 3.52. The highest BCUT2D eigenvalue weighted by Gasteiger charge is 2.37. The van der Waals surface area contributed by atoms with E-state index in [9.17, 15) is 0 Å². The standard InChI is InChI=1S/C12H24N2/c1-4-14(5-2)12(10-11(3)13)8-6-7-9-12/h3-10,13H2,1-2H3. The van der Waals surface area contributed by atoms with Crippen molar-refractivity contribution in [2.75, 3.05) is 13.1 Å². The van der Waals surface area contributed by atoms with Crippen molar-refractivity contribution >= 4 is 0 Å². The Morgan fingerprint density at radius 2 is 1.79 bits per heavy atom. The van der Waals surface area contributed by atoms with Gasteiger partial charge in [0, 0.05) is 17.7 Å². The first-order valence-corrected chi connectivity index (χ1v) is 5.83. The normalized spacial score (nSPS) is 20.2. The molecule has 0 saturated heterocycles. The Labute approximate surface area is 88.2 Å². The molecule has 0 radical (unpaired) electrons. The Morgan fingerprint density at radius 1 is 1.29 bits per heavy atom. The van der Waals surface area contributed by atoms with Gasteiger partial charge in [0.25, 0.3) is 0 Å². The summed E-state index contributed by atoms with van der Waals surface area (Å²) >= 11 is 0. The zero-order chi connectivity index (χ0) is 10.6. The number of nitrogens with two attached hydrogens (primary N) is 1. The highest BCUT2D eigenvalue weighted by Crippen LogP contribution is 2.38. The second kappa shape index (κ2) is 4.83. The lowest BCUT2D eigenvalue weighted by Crippen LogP contribution is -2.47. The molecule has 0 heterocycles. The van der Waals surface area contributed by atoms with Crippen LogP contribution < -0.4 is 5.73 Å². The highest BCUT2D eigenvalue weighted by molar-refractivity contribution is 5.04. The molecule has 0 amide bonds. The fourth-order valence-corrected chi connectivity index (χ4v) is 2.96. The van der Waals surface area contributed by atoms with Gasteiger partial charge >= 0.3 is 0 Å². The number of nitrogens with zero attached hydrogens (tertiary/aromatic N) is 1. The summed E-state index contributed by atoms with van der Waals surface area (Å²) in [6.07, 6.45) is 6.28. The van der Waals surface area contributed by atoms with Crippen molar-refractivity contribution in [3.63, 3.8) is 0 Å². The van der Waals surface area contributed by atoms with E-state index in [1.54, 1.807) is 0 Å². The molecule has 2 heteroatoms. The molecule has 0 bridgehead atoms. The maximum absolute atomic E-state index is 5.78. The van der Waals surface area contributed by atoms with Gasteiger partial charge in [-0.05, 0) is 25.9 Å². The number of rotatable bonds is 5. The predicted octanol–water partition coefficient (Wildman–Crippen LogP) is 2.50. The van der Waals surface area contributed by atoms with Gasteiger partial charge < -0.3 is 5.73 Å². The highest BCUT2D eigenvalue weighted by atomic mass is 15.2. The maximum Gasteiger partial charge on any atom is 0.0263 e. The van der Waals surface area contributed by atoms with Gasteiger partial charge in [0.15, 0.2) is 0 Å². The molecule has 0 aromatic carbocycles. The van der Waals surface area contributed by atoms with Gasteiger partial charge in [-0.2, -0.15) is 0 Å². The van der Waals surface area contributed by atoms with E-state index in [1.807, 2.05) is 0 Å². The van der Waals surface area contributed by atoms with Crippen LogP contribution in [-0.2, 0) is 0 Å². The summed E-state index contributed by atoms with van der Waals surface area (Å²) in [5.74, 6) is 0. The average Bonchev–Trinajstić information content (AvgIpc) is 2.55. The van der Waals surface area contributed by atoms with Crippen LogP contribution >= 0.6 is 0 Å². The van der Waals surface area contributed by atoms with Gasteiger partial charge in [-0.25, -0.2) is 0 Å². The fraction of sp³-hybridized carbons (Fsp3) is 0.833. The molecule has 0 atom stereocenters. The van der Waals surface area contributed by atoms with Crippen molar-refractivity contribution in [2.45, 2.75) is 51.5 Å². The van der Waals surface area contributed by atoms with E-state index in [2.05, 4.69) is 25.3 Å². The van der Waals surface area contributed by atoms with Crippen LogP contribution in [0.5, 0.6) is 0 Å². The van der Waals surface area contributed by atoms with Gasteiger partial charge in [0.1, 0.15) is 0 Å². The molecule has 82 valence electrons. The SMILES string of the molecule is C=C(N)CC1(N(CC)CC)CCCC1. The van der Waals surface area contributed by atoms with E-state index in [-0.39, 0.29) is 0 Å². The van der Waals surface area contributed by atoms with Crippen molar-refractivity contribution in [2.24, 2.45) is 5.73 Å². The third-order valence-corrected chi connectivity index (χ3v) is 3.52. The van der Waals surface area contributed by atoms with Gasteiger partial charge in [-0.1, -0.05) is 33.3 Å². The van der Waals surface area contributed by atoms with Crippen molar-refractivity contribution in [3.05, 3.63) is 12.3 Å². The van der Waals surface area contributed by atoms with Crippen molar-refractivity contribution < 1.29 is 0 Å². The lowest BCUT2D eigenvalue weighted by molar-refractivity contribution is 0.104. The smallest absolute Gasteiger partial charge is 0.0263 e. The molecule has 2 nitrogen and oxygen atoms in total. The molecule has 0 aromatic heterocycles. The minimum absolute atomic E-state index is 0.343. The summed E-state index contributed by atoms with van der Waals surface area (Å²) in [5, 5.41) is 0. The zero-order valence-corrected chi connectivity index (χ0v) is 9.68. The molecule has 0 aromatic rings. The summed E-state index contributed by atoms with van der Waals surface area (Å²) < 4.78 is 0. The summed E-state index contributed by atoms with van der Waals surface area (Å²) in [6, 6.07) is 0. The Bertz CT molecular complexity index is 188. The Hall–Kier alpha value is -0.500. The second-order valence-electron chi connectivity index (χ2n) is 4.44. The van der Waals surface area contributed by atoms with Crippen LogP contribution in [0.2, 0.25) is 0 Å². The van der Waals surface area contributed by atoms with Crippen LogP contribution in [0.1, 0.15) is 46.0 Å². The molecule has 14 heavy (non-hydrogen) atoms.